The molecule has 1 aliphatic carbocycles. The average molecular weight is 285 g/mol. The van der Waals surface area contributed by atoms with Gasteiger partial charge >= 0.3 is 0 Å². The van der Waals surface area contributed by atoms with Crippen molar-refractivity contribution in [3.05, 3.63) is 36.0 Å². The summed E-state index contributed by atoms with van der Waals surface area (Å²) in [6.07, 6.45) is 22.8. The molecule has 0 saturated carbocycles. The molecule has 1 nitrogen and oxygen atoms in total. The molecule has 0 spiro atoms. The fourth-order valence-electron chi connectivity index (χ4n) is 3.84. The zero-order valence-corrected chi connectivity index (χ0v) is 13.8. The third kappa shape index (κ3) is 4.69. The molecule has 0 N–H and O–H groups in total. The Kier molecular flexibility index (Phi) is 6.99. The second kappa shape index (κ2) is 9.02. The number of aliphatic imine (C=N–C) groups is 1. The van der Waals surface area contributed by atoms with Gasteiger partial charge in [0.1, 0.15) is 0 Å². The van der Waals surface area contributed by atoms with Crippen LogP contribution in [0.3, 0.4) is 0 Å². The van der Waals surface area contributed by atoms with Crippen molar-refractivity contribution in [3.8, 4) is 0 Å². The molecule has 1 unspecified atom stereocenters. The first-order valence-corrected chi connectivity index (χ1v) is 8.90. The molecule has 0 bridgehead atoms. The highest BCUT2D eigenvalue weighted by Crippen LogP contribution is 2.37. The molecule has 0 fully saturated rings. The Morgan fingerprint density at radius 3 is 2.86 bits per heavy atom. The van der Waals surface area contributed by atoms with Crippen LogP contribution in [0.2, 0.25) is 0 Å². The smallest absolute Gasteiger partial charge is 0.0424 e. The average Bonchev–Trinajstić information content (AvgIpc) is 2.81. The van der Waals surface area contributed by atoms with Crippen molar-refractivity contribution in [2.75, 3.05) is 6.54 Å². The van der Waals surface area contributed by atoms with Gasteiger partial charge in [0, 0.05) is 12.8 Å². The van der Waals surface area contributed by atoms with Gasteiger partial charge in [0.15, 0.2) is 0 Å². The SMILES string of the molecule is CCCCC([C@H]1C=CC=CCC1)[C@@H](CC)C1=CCCN=C1. The largest absolute Gasteiger partial charge is 0.293 e. The first-order valence-electron chi connectivity index (χ1n) is 8.90. The Morgan fingerprint density at radius 1 is 1.24 bits per heavy atom. The zero-order chi connectivity index (χ0) is 14.9. The minimum absolute atomic E-state index is 0.688. The lowest BCUT2D eigenvalue weighted by molar-refractivity contribution is 0.258. The van der Waals surface area contributed by atoms with Crippen LogP contribution in [0.4, 0.5) is 0 Å². The molecular formula is C20H31N. The van der Waals surface area contributed by atoms with Gasteiger partial charge in [-0.2, -0.15) is 0 Å². The molecule has 0 aromatic rings. The minimum atomic E-state index is 0.688. The maximum atomic E-state index is 4.53. The summed E-state index contributed by atoms with van der Waals surface area (Å²) in [7, 11) is 0. The molecule has 0 radical (unpaired) electrons. The van der Waals surface area contributed by atoms with Crippen LogP contribution in [0.5, 0.6) is 0 Å². The molecule has 0 aromatic heterocycles. The van der Waals surface area contributed by atoms with E-state index in [-0.39, 0.29) is 0 Å². The van der Waals surface area contributed by atoms with E-state index in [4.69, 9.17) is 0 Å². The fraction of sp³-hybridized carbons (Fsp3) is 0.650. The molecule has 21 heavy (non-hydrogen) atoms. The molecule has 3 atom stereocenters. The van der Waals surface area contributed by atoms with E-state index >= 15 is 0 Å². The summed E-state index contributed by atoms with van der Waals surface area (Å²) in [5, 5.41) is 0. The first-order chi connectivity index (χ1) is 10.4. The van der Waals surface area contributed by atoms with Crippen molar-refractivity contribution in [3.63, 3.8) is 0 Å². The summed E-state index contributed by atoms with van der Waals surface area (Å²) in [4.78, 5) is 4.53. The predicted octanol–water partition coefficient (Wildman–Crippen LogP) is 5.74. The van der Waals surface area contributed by atoms with Crippen molar-refractivity contribution in [1.82, 2.24) is 0 Å². The molecule has 2 aliphatic rings. The molecule has 0 saturated heterocycles. The number of nitrogens with zero attached hydrogens (tertiary/aromatic N) is 1. The summed E-state index contributed by atoms with van der Waals surface area (Å²) in [6.45, 7) is 5.64. The van der Waals surface area contributed by atoms with Crippen LogP contribution in [0, 0.1) is 17.8 Å². The fourth-order valence-corrected chi connectivity index (χ4v) is 3.84. The lowest BCUT2D eigenvalue weighted by Crippen LogP contribution is -2.25. The van der Waals surface area contributed by atoms with E-state index in [9.17, 15) is 0 Å². The van der Waals surface area contributed by atoms with Crippen LogP contribution in [0.15, 0.2) is 40.9 Å². The molecule has 1 heterocycles. The van der Waals surface area contributed by atoms with Crippen LogP contribution in [-0.4, -0.2) is 12.8 Å². The third-order valence-corrected chi connectivity index (χ3v) is 4.98. The van der Waals surface area contributed by atoms with Crippen LogP contribution >= 0.6 is 0 Å². The van der Waals surface area contributed by atoms with Gasteiger partial charge in [0.25, 0.3) is 0 Å². The standard InChI is InChI=1S/C20H31N/c1-3-5-14-20(17-11-8-6-7-9-12-17)19(4-2)18-13-10-15-21-16-18/h6-8,11,13,16-17,19-20H,3-5,9-10,12,14-15H2,1-2H3/t17-,19-,20?/m0/s1. The van der Waals surface area contributed by atoms with Crippen LogP contribution < -0.4 is 0 Å². The van der Waals surface area contributed by atoms with Crippen molar-refractivity contribution < 1.29 is 0 Å². The van der Waals surface area contributed by atoms with E-state index in [0.29, 0.717) is 5.92 Å². The van der Waals surface area contributed by atoms with Crippen LogP contribution in [-0.2, 0) is 0 Å². The number of rotatable bonds is 7. The van der Waals surface area contributed by atoms with Crippen LogP contribution in [0.25, 0.3) is 0 Å². The molecule has 1 heteroatoms. The van der Waals surface area contributed by atoms with E-state index < -0.39 is 0 Å². The Morgan fingerprint density at radius 2 is 2.14 bits per heavy atom. The lowest BCUT2D eigenvalue weighted by Gasteiger charge is -2.33. The van der Waals surface area contributed by atoms with Gasteiger partial charge in [-0.1, -0.05) is 57.1 Å². The van der Waals surface area contributed by atoms with Gasteiger partial charge in [0.05, 0.1) is 0 Å². The van der Waals surface area contributed by atoms with E-state index in [0.717, 1.165) is 24.8 Å². The van der Waals surface area contributed by atoms with Gasteiger partial charge in [0.2, 0.25) is 0 Å². The number of dihydropyridines is 1. The monoisotopic (exact) mass is 285 g/mol. The maximum absolute atomic E-state index is 4.53. The zero-order valence-electron chi connectivity index (χ0n) is 13.8. The molecule has 0 aromatic carbocycles. The van der Waals surface area contributed by atoms with Crippen molar-refractivity contribution >= 4 is 6.21 Å². The highest BCUT2D eigenvalue weighted by atomic mass is 14.7. The van der Waals surface area contributed by atoms with Gasteiger partial charge < -0.3 is 0 Å². The van der Waals surface area contributed by atoms with E-state index in [1.54, 1.807) is 0 Å². The highest BCUT2D eigenvalue weighted by molar-refractivity contribution is 5.80. The normalized spacial score (nSPS) is 24.5. The molecule has 2 rings (SSSR count). The van der Waals surface area contributed by atoms with E-state index in [2.05, 4.69) is 55.4 Å². The van der Waals surface area contributed by atoms with E-state index in [1.165, 1.54) is 44.1 Å². The van der Waals surface area contributed by atoms with E-state index in [1.807, 2.05) is 0 Å². The van der Waals surface area contributed by atoms with Gasteiger partial charge in [-0.25, -0.2) is 0 Å². The Balaban J connectivity index is 2.15. The van der Waals surface area contributed by atoms with Gasteiger partial charge in [-0.3, -0.25) is 4.99 Å². The van der Waals surface area contributed by atoms with Crippen molar-refractivity contribution in [2.24, 2.45) is 22.7 Å². The second-order valence-electron chi connectivity index (χ2n) is 6.40. The number of hydrogen-bond donors (Lipinski definition) is 0. The quantitative estimate of drug-likeness (QED) is 0.565. The van der Waals surface area contributed by atoms with Gasteiger partial charge in [-0.15, -0.1) is 0 Å². The summed E-state index contributed by atoms with van der Waals surface area (Å²) < 4.78 is 0. The predicted molar refractivity (Wildman–Crippen MR) is 93.9 cm³/mol. The summed E-state index contributed by atoms with van der Waals surface area (Å²) in [6, 6.07) is 0. The molecule has 116 valence electrons. The topological polar surface area (TPSA) is 12.4 Å². The molecule has 0 amide bonds. The van der Waals surface area contributed by atoms with Gasteiger partial charge in [-0.05, 0) is 55.4 Å². The number of unbranched alkanes of at least 4 members (excludes halogenated alkanes) is 1. The Bertz CT molecular complexity index is 414. The molecule has 1 aliphatic heterocycles. The minimum Gasteiger partial charge on any atom is -0.293 e. The van der Waals surface area contributed by atoms with Crippen molar-refractivity contribution in [1.29, 1.82) is 0 Å². The highest BCUT2D eigenvalue weighted by Gasteiger charge is 2.28. The molecular weight excluding hydrogens is 254 g/mol. The second-order valence-corrected chi connectivity index (χ2v) is 6.40. The maximum Gasteiger partial charge on any atom is 0.0424 e. The summed E-state index contributed by atoms with van der Waals surface area (Å²) in [5.41, 5.74) is 1.51. The summed E-state index contributed by atoms with van der Waals surface area (Å²) in [5.74, 6) is 2.20. The van der Waals surface area contributed by atoms with Crippen molar-refractivity contribution in [2.45, 2.75) is 58.8 Å². The number of hydrogen-bond acceptors (Lipinski definition) is 1. The lowest BCUT2D eigenvalue weighted by atomic mass is 9.72. The first kappa shape index (κ1) is 16.3. The van der Waals surface area contributed by atoms with Crippen LogP contribution in [0.1, 0.15) is 58.8 Å². The summed E-state index contributed by atoms with van der Waals surface area (Å²) >= 11 is 0. The Labute approximate surface area is 130 Å². The Hall–Kier alpha value is -1.11. The number of allylic oxidation sites excluding steroid dienone is 5. The third-order valence-electron chi connectivity index (χ3n) is 4.98.